The molecule has 0 spiro atoms. The number of nitrogens with one attached hydrogen (secondary N) is 1. The molecule has 54 heavy (non-hydrogen) atoms. The summed E-state index contributed by atoms with van der Waals surface area (Å²) in [5, 5.41) is 39.3. The highest BCUT2D eigenvalue weighted by Crippen LogP contribution is 2.34. The molecule has 2 aromatic carbocycles. The molecule has 15 heteroatoms. The zero-order valence-electron chi connectivity index (χ0n) is 30.2. The van der Waals surface area contributed by atoms with Gasteiger partial charge in [-0.25, -0.2) is 19.0 Å². The summed E-state index contributed by atoms with van der Waals surface area (Å²) in [5.41, 5.74) is 6.27. The molecule has 0 radical (unpaired) electrons. The molecular formula is C39H38ClN11O3. The van der Waals surface area contributed by atoms with Crippen LogP contribution in [0.3, 0.4) is 0 Å². The van der Waals surface area contributed by atoms with Crippen molar-refractivity contribution in [3.05, 3.63) is 102 Å². The Hall–Kier alpha value is -5.99. The lowest BCUT2D eigenvalue weighted by atomic mass is 9.77. The van der Waals surface area contributed by atoms with E-state index in [4.69, 9.17) is 25.5 Å². The van der Waals surface area contributed by atoms with Gasteiger partial charge in [0.1, 0.15) is 11.0 Å². The fourth-order valence-corrected chi connectivity index (χ4v) is 6.94. The van der Waals surface area contributed by atoms with E-state index in [9.17, 15) is 5.11 Å². The molecular weight excluding hydrogens is 706 g/mol. The Morgan fingerprint density at radius 1 is 0.685 bits per heavy atom. The van der Waals surface area contributed by atoms with Gasteiger partial charge in [-0.15, -0.1) is 25.5 Å². The summed E-state index contributed by atoms with van der Waals surface area (Å²) in [6.07, 6.45) is 7.67. The normalized spacial score (nSPS) is 16.0. The fourth-order valence-electron chi connectivity index (χ4n) is 6.80. The van der Waals surface area contributed by atoms with Crippen molar-refractivity contribution in [3.63, 3.8) is 0 Å². The maximum absolute atomic E-state index is 10.3. The Labute approximate surface area is 315 Å². The summed E-state index contributed by atoms with van der Waals surface area (Å²) in [7, 11) is 0. The highest BCUT2D eigenvalue weighted by Gasteiger charge is 2.31. The number of benzene rings is 2. The number of rotatable bonds is 7. The number of anilines is 1. The van der Waals surface area contributed by atoms with Crippen LogP contribution >= 0.6 is 11.6 Å². The zero-order valence-corrected chi connectivity index (χ0v) is 30.9. The van der Waals surface area contributed by atoms with Crippen molar-refractivity contribution in [1.82, 2.24) is 49.6 Å². The van der Waals surface area contributed by atoms with Crippen molar-refractivity contribution in [3.8, 4) is 45.4 Å². The number of aliphatic hydroxyl groups is 1. The van der Waals surface area contributed by atoms with E-state index in [-0.39, 0.29) is 0 Å². The first kappa shape index (κ1) is 35.1. The number of aromatic nitrogens is 10. The number of hydrogen-bond donors (Lipinski definition) is 2. The second kappa shape index (κ2) is 14.4. The third-order valence-electron chi connectivity index (χ3n) is 9.63. The molecule has 8 aromatic rings. The SMILES string of the molecule is Cc1nnc(-c2cccc(-c3cnc4ccc(Cl)nn34)c2)o1.Cc1nnc(-c2cccc(-c3cnc4ccc(NC5CCC(C(C)(C)O)CC5)nn34)c2)o1. The van der Waals surface area contributed by atoms with Gasteiger partial charge in [0.15, 0.2) is 11.3 Å². The van der Waals surface area contributed by atoms with E-state index >= 15 is 0 Å². The number of aryl methyl sites for hydroxylation is 2. The molecule has 9 rings (SSSR count). The smallest absolute Gasteiger partial charge is 0.247 e. The predicted molar refractivity (Wildman–Crippen MR) is 204 cm³/mol. The molecule has 0 aliphatic heterocycles. The lowest BCUT2D eigenvalue weighted by Gasteiger charge is -2.36. The van der Waals surface area contributed by atoms with E-state index in [1.54, 1.807) is 30.6 Å². The second-order valence-corrected chi connectivity index (χ2v) is 14.3. The number of fused-ring (bicyclic) bond motifs is 2. The monoisotopic (exact) mass is 743 g/mol. The summed E-state index contributed by atoms with van der Waals surface area (Å²) in [5.74, 6) is 3.23. The van der Waals surface area contributed by atoms with Gasteiger partial charge in [-0.2, -0.15) is 5.10 Å². The molecule has 6 aromatic heterocycles. The van der Waals surface area contributed by atoms with Crippen molar-refractivity contribution in [2.24, 2.45) is 5.92 Å². The van der Waals surface area contributed by atoms with Crippen molar-refractivity contribution in [2.75, 3.05) is 5.32 Å². The molecule has 1 aliphatic rings. The third-order valence-corrected chi connectivity index (χ3v) is 9.83. The maximum atomic E-state index is 10.3. The Bertz CT molecular complexity index is 2560. The average Bonchev–Trinajstić information content (AvgIpc) is 3.99. The van der Waals surface area contributed by atoms with Crippen molar-refractivity contribution < 1.29 is 13.9 Å². The molecule has 0 amide bonds. The largest absolute Gasteiger partial charge is 0.421 e. The van der Waals surface area contributed by atoms with Gasteiger partial charge in [-0.3, -0.25) is 0 Å². The quantitative estimate of drug-likeness (QED) is 0.162. The highest BCUT2D eigenvalue weighted by molar-refractivity contribution is 6.29. The summed E-state index contributed by atoms with van der Waals surface area (Å²) in [6, 6.07) is 23.6. The first-order valence-corrected chi connectivity index (χ1v) is 18.1. The standard InChI is InChI=1S/C24H28N6O2.C15H10ClN5O/c1-15-27-28-23(32-15)17-6-4-5-16(13-17)20-14-25-22-12-11-21(29-30(20)22)26-19-9-7-18(8-10-19)24(2,3)31;1-9-18-19-15(22-9)11-4-2-3-10(7-11)12-8-17-14-6-5-13(16)20-21(12)14/h4-6,11-14,18-19,31H,7-10H2,1-3H3,(H,26,29);2-8H,1H3. The lowest BCUT2D eigenvalue weighted by molar-refractivity contribution is -0.000408. The van der Waals surface area contributed by atoms with Gasteiger partial charge in [0.05, 0.1) is 29.4 Å². The van der Waals surface area contributed by atoms with Crippen LogP contribution in [-0.2, 0) is 0 Å². The van der Waals surface area contributed by atoms with Crippen molar-refractivity contribution in [1.29, 1.82) is 0 Å². The van der Waals surface area contributed by atoms with Crippen molar-refractivity contribution >= 4 is 28.7 Å². The molecule has 0 unspecified atom stereocenters. The lowest BCUT2D eigenvalue weighted by Crippen LogP contribution is -2.37. The number of halogens is 1. The third kappa shape index (κ3) is 7.43. The van der Waals surface area contributed by atoms with Gasteiger partial charge in [-0.1, -0.05) is 35.9 Å². The van der Waals surface area contributed by atoms with Gasteiger partial charge in [0.2, 0.25) is 23.6 Å². The molecule has 1 fully saturated rings. The second-order valence-electron chi connectivity index (χ2n) is 14.0. The van der Waals surface area contributed by atoms with Crippen LogP contribution in [0.4, 0.5) is 5.82 Å². The van der Waals surface area contributed by atoms with Gasteiger partial charge >= 0.3 is 0 Å². The number of imidazole rings is 2. The molecule has 6 heterocycles. The maximum Gasteiger partial charge on any atom is 0.247 e. The fraction of sp³-hybridized carbons (Fsp3) is 0.282. The molecule has 0 atom stereocenters. The molecule has 0 saturated heterocycles. The molecule has 2 N–H and O–H groups in total. The first-order chi connectivity index (χ1) is 26.1. The Kier molecular flexibility index (Phi) is 9.38. The van der Waals surface area contributed by atoms with Crippen LogP contribution in [0, 0.1) is 19.8 Å². The van der Waals surface area contributed by atoms with E-state index in [1.807, 2.05) is 91.3 Å². The molecule has 0 bridgehead atoms. The highest BCUT2D eigenvalue weighted by atomic mass is 35.5. The minimum atomic E-state index is -0.609. The number of hydrogen-bond acceptors (Lipinski definition) is 12. The minimum Gasteiger partial charge on any atom is -0.421 e. The van der Waals surface area contributed by atoms with Crippen molar-refractivity contribution in [2.45, 2.75) is 65.0 Å². The summed E-state index contributed by atoms with van der Waals surface area (Å²) >= 11 is 5.97. The van der Waals surface area contributed by atoms with Crippen LogP contribution in [0.15, 0.2) is 94.0 Å². The van der Waals surface area contributed by atoms with E-state index in [0.29, 0.717) is 40.7 Å². The van der Waals surface area contributed by atoms with Crippen LogP contribution in [0.1, 0.15) is 51.3 Å². The van der Waals surface area contributed by atoms with E-state index in [0.717, 1.165) is 76.4 Å². The van der Waals surface area contributed by atoms with E-state index in [2.05, 4.69) is 40.8 Å². The predicted octanol–water partition coefficient (Wildman–Crippen LogP) is 7.90. The number of nitrogens with zero attached hydrogens (tertiary/aromatic N) is 10. The van der Waals surface area contributed by atoms with Crippen LogP contribution in [0.25, 0.3) is 56.7 Å². The molecule has 1 saturated carbocycles. The van der Waals surface area contributed by atoms with Gasteiger partial charge < -0.3 is 19.3 Å². The average molecular weight is 744 g/mol. The van der Waals surface area contributed by atoms with Gasteiger partial charge in [-0.05, 0) is 94.0 Å². The van der Waals surface area contributed by atoms with Crippen LogP contribution in [0.5, 0.6) is 0 Å². The Balaban J connectivity index is 0.000000164. The summed E-state index contributed by atoms with van der Waals surface area (Å²) in [6.45, 7) is 7.36. The van der Waals surface area contributed by atoms with E-state index in [1.165, 1.54) is 0 Å². The molecule has 1 aliphatic carbocycles. The van der Waals surface area contributed by atoms with E-state index < -0.39 is 5.60 Å². The van der Waals surface area contributed by atoms with Gasteiger partial charge in [0, 0.05) is 42.1 Å². The summed E-state index contributed by atoms with van der Waals surface area (Å²) in [4.78, 5) is 8.85. The van der Waals surface area contributed by atoms with Crippen LogP contribution in [-0.4, -0.2) is 66.3 Å². The minimum absolute atomic E-state index is 0.353. The van der Waals surface area contributed by atoms with Gasteiger partial charge in [0.25, 0.3) is 0 Å². The Morgan fingerprint density at radius 3 is 1.72 bits per heavy atom. The molecule has 274 valence electrons. The summed E-state index contributed by atoms with van der Waals surface area (Å²) < 4.78 is 14.6. The zero-order chi connectivity index (χ0) is 37.4. The first-order valence-electron chi connectivity index (χ1n) is 17.7. The van der Waals surface area contributed by atoms with Crippen LogP contribution in [0.2, 0.25) is 5.15 Å². The Morgan fingerprint density at radius 2 is 1.20 bits per heavy atom. The van der Waals surface area contributed by atoms with Crippen LogP contribution < -0.4 is 5.32 Å². The molecule has 14 nitrogen and oxygen atoms in total. The topological polar surface area (TPSA) is 170 Å².